The summed E-state index contributed by atoms with van der Waals surface area (Å²) in [7, 11) is 0. The van der Waals surface area contributed by atoms with Crippen LogP contribution >= 0.6 is 0 Å². The van der Waals surface area contributed by atoms with Gasteiger partial charge in [-0.05, 0) is 56.1 Å². The van der Waals surface area contributed by atoms with Crippen LogP contribution in [0.3, 0.4) is 0 Å². The number of benzene rings is 4. The Morgan fingerprint density at radius 2 is 1.29 bits per heavy atom. The number of hydrogen-bond acceptors (Lipinski definition) is 2. The predicted octanol–water partition coefficient (Wildman–Crippen LogP) is 5.52. The number of nitrogens with zero attached hydrogens (tertiary/aromatic N) is 2. The van der Waals surface area contributed by atoms with E-state index in [0.29, 0.717) is 5.56 Å². The summed E-state index contributed by atoms with van der Waals surface area (Å²) >= 11 is 0. The second-order valence-electron chi connectivity index (χ2n) is 6.08. The van der Waals surface area contributed by atoms with Gasteiger partial charge in [0.1, 0.15) is 6.07 Å². The Labute approximate surface area is 138 Å². The largest absolute Gasteiger partial charge is 0.263 e. The molecule has 5 rings (SSSR count). The SMILES string of the molecule is N#Cc1cncc(-c2cc3ccc4cccc5ccc(c2)c3c45)c1. The average molecular weight is 304 g/mol. The van der Waals surface area contributed by atoms with Crippen LogP contribution in [0.15, 0.2) is 73.1 Å². The summed E-state index contributed by atoms with van der Waals surface area (Å²) in [5.41, 5.74) is 2.64. The van der Waals surface area contributed by atoms with Gasteiger partial charge in [-0.1, -0.05) is 42.5 Å². The van der Waals surface area contributed by atoms with E-state index < -0.39 is 0 Å². The van der Waals surface area contributed by atoms with E-state index in [1.165, 1.54) is 32.3 Å². The molecule has 0 N–H and O–H groups in total. The maximum absolute atomic E-state index is 9.11. The Kier molecular flexibility index (Phi) is 2.60. The van der Waals surface area contributed by atoms with E-state index in [4.69, 9.17) is 5.26 Å². The maximum atomic E-state index is 9.11. The third-order valence-electron chi connectivity index (χ3n) is 4.66. The molecule has 0 atom stereocenters. The first-order valence-corrected chi connectivity index (χ1v) is 7.86. The van der Waals surface area contributed by atoms with Crippen molar-refractivity contribution in [1.82, 2.24) is 4.98 Å². The zero-order valence-corrected chi connectivity index (χ0v) is 12.8. The average Bonchev–Trinajstić information content (AvgIpc) is 2.66. The summed E-state index contributed by atoms with van der Waals surface area (Å²) in [5.74, 6) is 0. The van der Waals surface area contributed by atoms with Crippen LogP contribution in [0.25, 0.3) is 43.4 Å². The highest BCUT2D eigenvalue weighted by Gasteiger charge is 2.10. The number of aromatic nitrogens is 1. The van der Waals surface area contributed by atoms with Crippen molar-refractivity contribution in [2.24, 2.45) is 0 Å². The van der Waals surface area contributed by atoms with E-state index in [1.807, 2.05) is 12.3 Å². The zero-order chi connectivity index (χ0) is 16.1. The monoisotopic (exact) mass is 304 g/mol. The summed E-state index contributed by atoms with van der Waals surface area (Å²) in [6, 6.07) is 23.6. The molecular formula is C22H12N2. The summed E-state index contributed by atoms with van der Waals surface area (Å²) < 4.78 is 0. The molecule has 24 heavy (non-hydrogen) atoms. The second-order valence-corrected chi connectivity index (χ2v) is 6.08. The molecule has 0 fully saturated rings. The van der Waals surface area contributed by atoms with Gasteiger partial charge in [-0.25, -0.2) is 0 Å². The van der Waals surface area contributed by atoms with Gasteiger partial charge in [0.25, 0.3) is 0 Å². The Morgan fingerprint density at radius 3 is 1.96 bits per heavy atom. The Bertz CT molecular complexity index is 1200. The lowest BCUT2D eigenvalue weighted by atomic mass is 9.91. The highest BCUT2D eigenvalue weighted by molar-refractivity contribution is 6.23. The van der Waals surface area contributed by atoms with Crippen molar-refractivity contribution < 1.29 is 0 Å². The van der Waals surface area contributed by atoms with Gasteiger partial charge in [-0.3, -0.25) is 4.98 Å². The van der Waals surface area contributed by atoms with Crippen LogP contribution in [0, 0.1) is 11.3 Å². The molecule has 0 aliphatic carbocycles. The molecule has 0 aliphatic rings. The quantitative estimate of drug-likeness (QED) is 0.382. The van der Waals surface area contributed by atoms with E-state index in [0.717, 1.165) is 11.1 Å². The van der Waals surface area contributed by atoms with Crippen molar-refractivity contribution in [1.29, 1.82) is 5.26 Å². The van der Waals surface area contributed by atoms with Crippen LogP contribution in [0.5, 0.6) is 0 Å². The Balaban J connectivity index is 1.88. The smallest absolute Gasteiger partial charge is 0.101 e. The van der Waals surface area contributed by atoms with E-state index in [9.17, 15) is 0 Å². The van der Waals surface area contributed by atoms with Crippen LogP contribution < -0.4 is 0 Å². The van der Waals surface area contributed by atoms with Gasteiger partial charge in [0.2, 0.25) is 0 Å². The maximum Gasteiger partial charge on any atom is 0.101 e. The minimum absolute atomic E-state index is 0.581. The Hall–Kier alpha value is -3.44. The minimum atomic E-state index is 0.581. The molecular weight excluding hydrogens is 292 g/mol. The molecule has 2 heteroatoms. The number of hydrogen-bond donors (Lipinski definition) is 0. The lowest BCUT2D eigenvalue weighted by Crippen LogP contribution is -1.87. The van der Waals surface area contributed by atoms with E-state index >= 15 is 0 Å². The van der Waals surface area contributed by atoms with Gasteiger partial charge < -0.3 is 0 Å². The molecule has 110 valence electrons. The van der Waals surface area contributed by atoms with Crippen molar-refractivity contribution in [2.75, 3.05) is 0 Å². The first-order valence-electron chi connectivity index (χ1n) is 7.86. The van der Waals surface area contributed by atoms with Crippen LogP contribution in [0.2, 0.25) is 0 Å². The topological polar surface area (TPSA) is 36.7 Å². The van der Waals surface area contributed by atoms with E-state index in [-0.39, 0.29) is 0 Å². The van der Waals surface area contributed by atoms with Crippen molar-refractivity contribution in [3.8, 4) is 17.2 Å². The van der Waals surface area contributed by atoms with Crippen LogP contribution in [0.1, 0.15) is 5.56 Å². The lowest BCUT2D eigenvalue weighted by Gasteiger charge is -2.12. The Morgan fingerprint density at radius 1 is 0.667 bits per heavy atom. The van der Waals surface area contributed by atoms with Crippen LogP contribution in [-0.4, -0.2) is 4.98 Å². The molecule has 0 bridgehead atoms. The molecule has 0 saturated heterocycles. The summed E-state index contributed by atoms with van der Waals surface area (Å²) in [4.78, 5) is 4.19. The first kappa shape index (κ1) is 13.0. The van der Waals surface area contributed by atoms with Crippen molar-refractivity contribution in [3.05, 3.63) is 78.6 Å². The summed E-state index contributed by atoms with van der Waals surface area (Å²) in [5, 5.41) is 16.7. The molecule has 0 spiro atoms. The van der Waals surface area contributed by atoms with Gasteiger partial charge in [0, 0.05) is 18.0 Å². The van der Waals surface area contributed by atoms with Gasteiger partial charge in [0.15, 0.2) is 0 Å². The first-order chi connectivity index (χ1) is 11.8. The van der Waals surface area contributed by atoms with Crippen LogP contribution in [-0.2, 0) is 0 Å². The van der Waals surface area contributed by atoms with Gasteiger partial charge in [-0.15, -0.1) is 0 Å². The highest BCUT2D eigenvalue weighted by atomic mass is 14.6. The summed E-state index contributed by atoms with van der Waals surface area (Å²) in [6.45, 7) is 0. The van der Waals surface area contributed by atoms with Crippen molar-refractivity contribution in [3.63, 3.8) is 0 Å². The zero-order valence-electron chi connectivity index (χ0n) is 12.8. The second kappa shape index (κ2) is 4.78. The third kappa shape index (κ3) is 1.79. The molecule has 0 unspecified atom stereocenters. The van der Waals surface area contributed by atoms with Crippen molar-refractivity contribution >= 4 is 32.3 Å². The molecule has 4 aromatic carbocycles. The standard InChI is InChI=1S/C22H12N2/c23-11-14-8-20(13-24-12-14)19-9-17-6-4-15-2-1-3-16-5-7-18(10-19)22(17)21(15)16/h1-10,12-13H. The molecule has 1 heterocycles. The van der Waals surface area contributed by atoms with E-state index in [2.05, 4.69) is 65.7 Å². The van der Waals surface area contributed by atoms with Crippen molar-refractivity contribution in [2.45, 2.75) is 0 Å². The molecule has 5 aromatic rings. The highest BCUT2D eigenvalue weighted by Crippen LogP contribution is 2.37. The van der Waals surface area contributed by atoms with Gasteiger partial charge in [-0.2, -0.15) is 5.26 Å². The molecule has 1 aromatic heterocycles. The fourth-order valence-corrected chi connectivity index (χ4v) is 3.58. The number of nitriles is 1. The molecule has 0 amide bonds. The number of pyridine rings is 1. The third-order valence-corrected chi connectivity index (χ3v) is 4.66. The molecule has 0 radical (unpaired) electrons. The normalized spacial score (nSPS) is 11.3. The van der Waals surface area contributed by atoms with Gasteiger partial charge in [0.05, 0.1) is 5.56 Å². The molecule has 2 nitrogen and oxygen atoms in total. The lowest BCUT2D eigenvalue weighted by molar-refractivity contribution is 1.30. The van der Waals surface area contributed by atoms with E-state index in [1.54, 1.807) is 6.20 Å². The fraction of sp³-hybridized carbons (Fsp3) is 0. The van der Waals surface area contributed by atoms with Crippen LogP contribution in [0.4, 0.5) is 0 Å². The molecule has 0 aliphatic heterocycles. The summed E-state index contributed by atoms with van der Waals surface area (Å²) in [6.07, 6.45) is 3.40. The fourth-order valence-electron chi connectivity index (χ4n) is 3.58. The predicted molar refractivity (Wildman–Crippen MR) is 98.1 cm³/mol. The minimum Gasteiger partial charge on any atom is -0.263 e. The number of rotatable bonds is 1. The van der Waals surface area contributed by atoms with Gasteiger partial charge >= 0.3 is 0 Å². The molecule has 0 saturated carbocycles.